The van der Waals surface area contributed by atoms with Crippen molar-refractivity contribution < 1.29 is 9.53 Å². The number of carbonyl (C=O) groups excluding carboxylic acids is 1. The van der Waals surface area contributed by atoms with Crippen LogP contribution in [0.1, 0.15) is 5.56 Å². The molecule has 0 aliphatic carbocycles. The SMILES string of the molecule is COc1ccc(C[C@@H]2SC(=Nc3ccccc3)NC2=O)cc1. The topological polar surface area (TPSA) is 50.7 Å². The van der Waals surface area contributed by atoms with Crippen LogP contribution in [0.25, 0.3) is 0 Å². The highest BCUT2D eigenvalue weighted by Crippen LogP contribution is 2.26. The van der Waals surface area contributed by atoms with E-state index in [0.717, 1.165) is 17.0 Å². The highest BCUT2D eigenvalue weighted by Gasteiger charge is 2.30. The van der Waals surface area contributed by atoms with Gasteiger partial charge in [-0.25, -0.2) is 4.99 Å². The highest BCUT2D eigenvalue weighted by molar-refractivity contribution is 8.15. The van der Waals surface area contributed by atoms with Gasteiger partial charge < -0.3 is 10.1 Å². The number of ether oxygens (including phenoxy) is 1. The van der Waals surface area contributed by atoms with Gasteiger partial charge >= 0.3 is 0 Å². The van der Waals surface area contributed by atoms with Gasteiger partial charge in [0.2, 0.25) is 5.91 Å². The molecule has 4 nitrogen and oxygen atoms in total. The van der Waals surface area contributed by atoms with Gasteiger partial charge in [0.15, 0.2) is 5.17 Å². The first kappa shape index (κ1) is 14.7. The Balaban J connectivity index is 1.68. The molecule has 112 valence electrons. The molecule has 2 aromatic rings. The third-order valence-electron chi connectivity index (χ3n) is 3.34. The van der Waals surface area contributed by atoms with Crippen molar-refractivity contribution in [2.24, 2.45) is 4.99 Å². The summed E-state index contributed by atoms with van der Waals surface area (Å²) in [7, 11) is 1.64. The molecule has 0 bridgehead atoms. The van der Waals surface area contributed by atoms with E-state index in [0.29, 0.717) is 11.6 Å². The van der Waals surface area contributed by atoms with Gasteiger partial charge in [-0.1, -0.05) is 42.1 Å². The molecule has 1 saturated heterocycles. The van der Waals surface area contributed by atoms with Crippen molar-refractivity contribution in [3.05, 3.63) is 60.2 Å². The molecule has 1 aliphatic heterocycles. The summed E-state index contributed by atoms with van der Waals surface area (Å²) in [4.78, 5) is 16.5. The maximum absolute atomic E-state index is 12.1. The van der Waals surface area contributed by atoms with Crippen molar-refractivity contribution >= 4 is 28.5 Å². The normalized spacial score (nSPS) is 19.2. The van der Waals surface area contributed by atoms with E-state index in [1.54, 1.807) is 7.11 Å². The molecule has 0 saturated carbocycles. The first-order valence-corrected chi connectivity index (χ1v) is 7.87. The summed E-state index contributed by atoms with van der Waals surface area (Å²) >= 11 is 1.48. The summed E-state index contributed by atoms with van der Waals surface area (Å²) in [6.07, 6.45) is 0.675. The number of nitrogens with one attached hydrogen (secondary N) is 1. The van der Waals surface area contributed by atoms with Crippen LogP contribution >= 0.6 is 11.8 Å². The fourth-order valence-electron chi connectivity index (χ4n) is 2.19. The van der Waals surface area contributed by atoms with Gasteiger partial charge in [0, 0.05) is 0 Å². The van der Waals surface area contributed by atoms with Crippen molar-refractivity contribution in [1.29, 1.82) is 0 Å². The lowest BCUT2D eigenvalue weighted by molar-refractivity contribution is -0.118. The molecule has 2 aromatic carbocycles. The molecule has 1 atom stereocenters. The summed E-state index contributed by atoms with van der Waals surface area (Å²) in [5.74, 6) is 0.828. The van der Waals surface area contributed by atoms with E-state index in [9.17, 15) is 4.79 Å². The zero-order valence-electron chi connectivity index (χ0n) is 12.2. The monoisotopic (exact) mass is 312 g/mol. The van der Waals surface area contributed by atoms with Crippen LogP contribution < -0.4 is 10.1 Å². The summed E-state index contributed by atoms with van der Waals surface area (Å²) in [5.41, 5.74) is 1.95. The third kappa shape index (κ3) is 3.49. The Morgan fingerprint density at radius 1 is 1.14 bits per heavy atom. The molecule has 1 fully saturated rings. The van der Waals surface area contributed by atoms with E-state index >= 15 is 0 Å². The van der Waals surface area contributed by atoms with E-state index < -0.39 is 0 Å². The Kier molecular flexibility index (Phi) is 4.44. The van der Waals surface area contributed by atoms with Gasteiger partial charge in [0.05, 0.1) is 18.0 Å². The van der Waals surface area contributed by atoms with Crippen LogP contribution in [-0.4, -0.2) is 23.4 Å². The second-order valence-electron chi connectivity index (χ2n) is 4.90. The molecule has 1 amide bonds. The first-order valence-electron chi connectivity index (χ1n) is 6.99. The highest BCUT2D eigenvalue weighted by atomic mass is 32.2. The molecule has 22 heavy (non-hydrogen) atoms. The van der Waals surface area contributed by atoms with Crippen LogP contribution in [0.15, 0.2) is 59.6 Å². The first-order chi connectivity index (χ1) is 10.7. The van der Waals surface area contributed by atoms with Crippen LogP contribution in [-0.2, 0) is 11.2 Å². The standard InChI is InChI=1S/C17H16N2O2S/c1-21-14-9-7-12(8-10-14)11-15-16(20)19-17(22-15)18-13-5-3-2-4-6-13/h2-10,15H,11H2,1H3,(H,18,19,20)/t15-/m0/s1. The van der Waals surface area contributed by atoms with Crippen LogP contribution in [0, 0.1) is 0 Å². The third-order valence-corrected chi connectivity index (χ3v) is 4.43. The molecule has 5 heteroatoms. The molecule has 0 spiro atoms. The maximum atomic E-state index is 12.1. The number of benzene rings is 2. The second-order valence-corrected chi connectivity index (χ2v) is 6.09. The second kappa shape index (κ2) is 6.66. The minimum absolute atomic E-state index is 0.00972. The number of rotatable bonds is 4. The van der Waals surface area contributed by atoms with Gasteiger partial charge in [-0.2, -0.15) is 0 Å². The van der Waals surface area contributed by atoms with E-state index in [1.807, 2.05) is 54.6 Å². The van der Waals surface area contributed by atoms with Crippen LogP contribution in [0.3, 0.4) is 0 Å². The van der Waals surface area contributed by atoms with E-state index in [2.05, 4.69) is 10.3 Å². The maximum Gasteiger partial charge on any atom is 0.239 e. The predicted octanol–water partition coefficient (Wildman–Crippen LogP) is 3.16. The Morgan fingerprint density at radius 2 is 1.86 bits per heavy atom. The largest absolute Gasteiger partial charge is 0.497 e. The molecule has 0 unspecified atom stereocenters. The van der Waals surface area contributed by atoms with Crippen LogP contribution in [0.4, 0.5) is 5.69 Å². The predicted molar refractivity (Wildman–Crippen MR) is 89.8 cm³/mol. The average molecular weight is 312 g/mol. The van der Waals surface area contributed by atoms with E-state index in [1.165, 1.54) is 11.8 Å². The van der Waals surface area contributed by atoms with E-state index in [4.69, 9.17) is 4.74 Å². The zero-order chi connectivity index (χ0) is 15.4. The average Bonchev–Trinajstić information content (AvgIpc) is 2.88. The van der Waals surface area contributed by atoms with Crippen molar-refractivity contribution in [3.63, 3.8) is 0 Å². The van der Waals surface area contributed by atoms with Crippen molar-refractivity contribution in [1.82, 2.24) is 5.32 Å². The lowest BCUT2D eigenvalue weighted by Crippen LogP contribution is -2.25. The number of aliphatic imine (C=N–C) groups is 1. The summed E-state index contributed by atoms with van der Waals surface area (Å²) in [6, 6.07) is 17.4. The number of hydrogen-bond donors (Lipinski definition) is 1. The molecular weight excluding hydrogens is 296 g/mol. The van der Waals surface area contributed by atoms with E-state index in [-0.39, 0.29) is 11.2 Å². The number of carbonyl (C=O) groups is 1. The minimum Gasteiger partial charge on any atom is -0.497 e. The lowest BCUT2D eigenvalue weighted by atomic mass is 10.1. The van der Waals surface area contributed by atoms with Crippen molar-refractivity contribution in [2.45, 2.75) is 11.7 Å². The van der Waals surface area contributed by atoms with Gasteiger partial charge in [0.25, 0.3) is 0 Å². The van der Waals surface area contributed by atoms with Gasteiger partial charge in [-0.3, -0.25) is 4.79 Å². The summed E-state index contributed by atoms with van der Waals surface area (Å²) < 4.78 is 5.14. The van der Waals surface area contributed by atoms with Crippen molar-refractivity contribution in [2.75, 3.05) is 7.11 Å². The smallest absolute Gasteiger partial charge is 0.239 e. The van der Waals surface area contributed by atoms with Gasteiger partial charge in [-0.05, 0) is 36.2 Å². The van der Waals surface area contributed by atoms with Gasteiger partial charge in [0.1, 0.15) is 5.75 Å². The minimum atomic E-state index is -0.143. The molecule has 1 N–H and O–H groups in total. The zero-order valence-corrected chi connectivity index (χ0v) is 13.0. The molecular formula is C17H16N2O2S. The van der Waals surface area contributed by atoms with Crippen LogP contribution in [0.5, 0.6) is 5.75 Å². The number of hydrogen-bond acceptors (Lipinski definition) is 4. The molecule has 3 rings (SSSR count). The molecule has 0 aromatic heterocycles. The number of methoxy groups -OCH3 is 1. The summed E-state index contributed by atoms with van der Waals surface area (Å²) in [5, 5.41) is 3.36. The Morgan fingerprint density at radius 3 is 2.55 bits per heavy atom. The summed E-state index contributed by atoms with van der Waals surface area (Å²) in [6.45, 7) is 0. The fourth-order valence-corrected chi connectivity index (χ4v) is 3.22. The number of nitrogens with zero attached hydrogens (tertiary/aromatic N) is 1. The number of para-hydroxylation sites is 1. The molecule has 1 heterocycles. The Hall–Kier alpha value is -2.27. The lowest BCUT2D eigenvalue weighted by Gasteiger charge is -2.06. The number of thioether (sulfide) groups is 1. The number of amidine groups is 1. The number of amides is 1. The Labute approximate surface area is 133 Å². The molecule has 1 aliphatic rings. The van der Waals surface area contributed by atoms with Crippen molar-refractivity contribution in [3.8, 4) is 5.75 Å². The quantitative estimate of drug-likeness (QED) is 0.943. The van der Waals surface area contributed by atoms with Gasteiger partial charge in [-0.15, -0.1) is 0 Å². The Bertz CT molecular complexity index is 684. The fraction of sp³-hybridized carbons (Fsp3) is 0.176. The molecule has 0 radical (unpaired) electrons. The van der Waals surface area contributed by atoms with Crippen LogP contribution in [0.2, 0.25) is 0 Å².